The van der Waals surface area contributed by atoms with E-state index in [4.69, 9.17) is 4.65 Å². The second-order valence-corrected chi connectivity index (χ2v) is 6.85. The van der Waals surface area contributed by atoms with E-state index in [2.05, 4.69) is 20.8 Å². The van der Waals surface area contributed by atoms with Gasteiger partial charge in [0.25, 0.3) is 5.91 Å². The molecular weight excluding hydrogens is 406 g/mol. The number of aromatic nitrogens is 1. The number of benzene rings is 1. The number of fused-ring (bicyclic) bond motifs is 1. The Morgan fingerprint density at radius 3 is 2.93 bits per heavy atom. The summed E-state index contributed by atoms with van der Waals surface area (Å²) in [6.45, 7) is -0.547. The molecule has 152 valence electrons. The molecule has 2 aromatic rings. The summed E-state index contributed by atoms with van der Waals surface area (Å²) in [5, 5.41) is 38.6. The van der Waals surface area contributed by atoms with Gasteiger partial charge in [-0.25, -0.2) is 14.2 Å². The summed E-state index contributed by atoms with van der Waals surface area (Å²) in [7, 11) is -1.51. The number of carbonyl (C=O) groups is 2. The molecule has 1 atom stereocenters. The number of alkyl halides is 1. The van der Waals surface area contributed by atoms with E-state index in [1.54, 1.807) is 6.07 Å². The molecule has 3 rings (SSSR count). The lowest BCUT2D eigenvalue weighted by Gasteiger charge is -2.28. The molecule has 0 fully saturated rings. The van der Waals surface area contributed by atoms with Gasteiger partial charge in [0.15, 0.2) is 10.8 Å². The molecule has 2 heterocycles. The van der Waals surface area contributed by atoms with Gasteiger partial charge in [0.05, 0.1) is 11.5 Å². The van der Waals surface area contributed by atoms with Crippen molar-refractivity contribution in [1.82, 2.24) is 10.3 Å². The standard InChI is InChI=1S/C16H16BFN4O6S/c18-4-5-19-16-20-10(7-29-16)12(22-27)14(23)21-11-6-8-2-1-3-9(15(24)25)13(8)28-17(11)26/h1-3,7,11,26-27H,4-6H2,(H,19,20)(H,21,23)(H,24,25)/b22-12-/t11-/m0/s1. The highest BCUT2D eigenvalue weighted by molar-refractivity contribution is 7.14. The number of oxime groups is 1. The molecule has 0 radical (unpaired) electrons. The Bertz CT molecular complexity index is 955. The first-order chi connectivity index (χ1) is 13.9. The molecule has 1 aromatic carbocycles. The highest BCUT2D eigenvalue weighted by atomic mass is 32.1. The Labute approximate surface area is 168 Å². The van der Waals surface area contributed by atoms with Gasteiger partial charge in [-0.1, -0.05) is 17.3 Å². The Balaban J connectivity index is 1.73. The van der Waals surface area contributed by atoms with Crippen molar-refractivity contribution in [3.63, 3.8) is 0 Å². The molecule has 1 aromatic heterocycles. The highest BCUT2D eigenvalue weighted by Crippen LogP contribution is 2.30. The number of nitrogens with one attached hydrogen (secondary N) is 2. The Morgan fingerprint density at radius 2 is 2.24 bits per heavy atom. The Morgan fingerprint density at radius 1 is 1.45 bits per heavy atom. The molecule has 0 saturated heterocycles. The largest absolute Gasteiger partial charge is 0.547 e. The van der Waals surface area contributed by atoms with Crippen LogP contribution in [-0.4, -0.2) is 64.2 Å². The first-order valence-corrected chi connectivity index (χ1v) is 9.31. The van der Waals surface area contributed by atoms with E-state index < -0.39 is 37.3 Å². The van der Waals surface area contributed by atoms with Crippen molar-refractivity contribution in [2.75, 3.05) is 18.5 Å². The maximum atomic E-state index is 12.5. The van der Waals surface area contributed by atoms with E-state index >= 15 is 0 Å². The zero-order valence-corrected chi connectivity index (χ0v) is 15.6. The number of hydrogen-bond acceptors (Lipinski definition) is 9. The van der Waals surface area contributed by atoms with Gasteiger partial charge in [-0.2, -0.15) is 0 Å². The van der Waals surface area contributed by atoms with Crippen molar-refractivity contribution in [1.29, 1.82) is 0 Å². The van der Waals surface area contributed by atoms with Crippen molar-refractivity contribution >= 4 is 41.2 Å². The number of amides is 1. The van der Waals surface area contributed by atoms with Gasteiger partial charge in [-0.05, 0) is 18.1 Å². The van der Waals surface area contributed by atoms with Crippen LogP contribution in [0, 0.1) is 0 Å². The minimum Gasteiger partial charge on any atom is -0.534 e. The van der Waals surface area contributed by atoms with Crippen molar-refractivity contribution < 1.29 is 34.0 Å². The lowest BCUT2D eigenvalue weighted by Crippen LogP contribution is -2.54. The van der Waals surface area contributed by atoms with Crippen LogP contribution in [0.2, 0.25) is 0 Å². The number of thiazole rings is 1. The first-order valence-electron chi connectivity index (χ1n) is 8.43. The number of carbonyl (C=O) groups excluding carboxylic acids is 1. The predicted octanol–water partition coefficient (Wildman–Crippen LogP) is 0.541. The number of rotatable bonds is 7. The fraction of sp³-hybridized carbons (Fsp3) is 0.250. The summed E-state index contributed by atoms with van der Waals surface area (Å²) in [5.41, 5.74) is 0.0667. The van der Waals surface area contributed by atoms with Crippen LogP contribution in [0.3, 0.4) is 0 Å². The van der Waals surface area contributed by atoms with Crippen LogP contribution in [0.15, 0.2) is 28.7 Å². The predicted molar refractivity (Wildman–Crippen MR) is 103 cm³/mol. The minimum atomic E-state index is -1.51. The maximum absolute atomic E-state index is 12.5. The molecule has 5 N–H and O–H groups in total. The SMILES string of the molecule is O=C(N[C@H]1Cc2cccc(C(=O)O)c2OB1O)/C(=N\O)c1csc(NCCF)n1. The van der Waals surface area contributed by atoms with Crippen LogP contribution < -0.4 is 15.3 Å². The van der Waals surface area contributed by atoms with Crippen LogP contribution in [0.1, 0.15) is 21.6 Å². The number of halogens is 1. The second-order valence-electron chi connectivity index (χ2n) is 5.99. The third-order valence-corrected chi connectivity index (χ3v) is 4.90. The van der Waals surface area contributed by atoms with Gasteiger partial charge in [0.2, 0.25) is 0 Å². The van der Waals surface area contributed by atoms with Gasteiger partial charge in [-0.3, -0.25) is 4.79 Å². The molecule has 10 nitrogen and oxygen atoms in total. The zero-order valence-electron chi connectivity index (χ0n) is 14.8. The lowest BCUT2D eigenvalue weighted by atomic mass is 9.72. The van der Waals surface area contributed by atoms with Gasteiger partial charge in [0, 0.05) is 11.9 Å². The van der Waals surface area contributed by atoms with E-state index in [1.807, 2.05) is 0 Å². The average molecular weight is 422 g/mol. The summed E-state index contributed by atoms with van der Waals surface area (Å²) in [5.74, 6) is -2.90. The third kappa shape index (κ3) is 4.46. The first kappa shape index (κ1) is 20.5. The Hall–Kier alpha value is -3.19. The number of carboxylic acids is 1. The number of aromatic carboxylic acids is 1. The van der Waals surface area contributed by atoms with E-state index in [9.17, 15) is 29.3 Å². The van der Waals surface area contributed by atoms with Gasteiger partial charge in [0.1, 0.15) is 18.1 Å². The smallest absolute Gasteiger partial charge is 0.534 e. The molecule has 0 spiro atoms. The minimum absolute atomic E-state index is 0.0390. The van der Waals surface area contributed by atoms with E-state index in [0.29, 0.717) is 10.7 Å². The van der Waals surface area contributed by atoms with Gasteiger partial charge in [-0.15, -0.1) is 11.3 Å². The van der Waals surface area contributed by atoms with Gasteiger partial charge >= 0.3 is 13.1 Å². The molecule has 0 saturated carbocycles. The topological polar surface area (TPSA) is 153 Å². The zero-order chi connectivity index (χ0) is 21.0. The third-order valence-electron chi connectivity index (χ3n) is 4.10. The molecular formula is C16H16BFN4O6S. The van der Waals surface area contributed by atoms with Gasteiger partial charge < -0.3 is 30.6 Å². The van der Waals surface area contributed by atoms with Crippen molar-refractivity contribution in [2.24, 2.45) is 5.16 Å². The highest BCUT2D eigenvalue weighted by Gasteiger charge is 2.38. The monoisotopic (exact) mass is 422 g/mol. The molecule has 1 aliphatic rings. The molecule has 1 amide bonds. The van der Waals surface area contributed by atoms with Crippen LogP contribution in [0.25, 0.3) is 0 Å². The molecule has 0 unspecified atom stereocenters. The molecule has 29 heavy (non-hydrogen) atoms. The molecule has 1 aliphatic heterocycles. The van der Waals surface area contributed by atoms with Crippen LogP contribution in [0.4, 0.5) is 9.52 Å². The summed E-state index contributed by atoms with van der Waals surface area (Å²) in [4.78, 5) is 27.9. The Kier molecular flexibility index (Phi) is 6.29. The number of anilines is 1. The lowest BCUT2D eigenvalue weighted by molar-refractivity contribution is -0.115. The fourth-order valence-corrected chi connectivity index (χ4v) is 3.51. The van der Waals surface area contributed by atoms with Crippen molar-refractivity contribution in [3.8, 4) is 5.75 Å². The number of nitrogens with zero attached hydrogens (tertiary/aromatic N) is 2. The quantitative estimate of drug-likeness (QED) is 0.188. The molecule has 13 heteroatoms. The fourth-order valence-electron chi connectivity index (χ4n) is 2.78. The van der Waals surface area contributed by atoms with E-state index in [1.165, 1.54) is 17.5 Å². The summed E-state index contributed by atoms with van der Waals surface area (Å²) in [6.07, 6.45) is 0.0996. The van der Waals surface area contributed by atoms with Crippen LogP contribution in [0.5, 0.6) is 5.75 Å². The number of para-hydroxylation sites is 1. The van der Waals surface area contributed by atoms with E-state index in [0.717, 1.165) is 11.3 Å². The summed E-state index contributed by atoms with van der Waals surface area (Å²) >= 11 is 1.10. The van der Waals surface area contributed by atoms with E-state index in [-0.39, 0.29) is 30.0 Å². The maximum Gasteiger partial charge on any atom is 0.547 e. The number of carboxylic acid groups (broad SMARTS) is 1. The normalized spacial score (nSPS) is 16.0. The molecule has 0 bridgehead atoms. The summed E-state index contributed by atoms with van der Waals surface area (Å²) < 4.78 is 17.5. The molecule has 0 aliphatic carbocycles. The second kappa shape index (κ2) is 8.88. The summed E-state index contributed by atoms with van der Waals surface area (Å²) in [6, 6.07) is 4.50. The number of hydrogen-bond donors (Lipinski definition) is 5. The van der Waals surface area contributed by atoms with Crippen LogP contribution in [-0.2, 0) is 11.2 Å². The van der Waals surface area contributed by atoms with Crippen LogP contribution >= 0.6 is 11.3 Å². The van der Waals surface area contributed by atoms with Crippen molar-refractivity contribution in [3.05, 3.63) is 40.4 Å². The van der Waals surface area contributed by atoms with Crippen molar-refractivity contribution in [2.45, 2.75) is 12.4 Å². The average Bonchev–Trinajstić information content (AvgIpc) is 3.15.